The molecule has 0 saturated carbocycles. The molecule has 0 spiro atoms. The minimum atomic E-state index is -0.696. The lowest BCUT2D eigenvalue weighted by Crippen LogP contribution is -2.08. The lowest BCUT2D eigenvalue weighted by molar-refractivity contribution is 0.265. The summed E-state index contributed by atoms with van der Waals surface area (Å²) in [5.41, 5.74) is 2.22. The third kappa shape index (κ3) is 3.58. The average molecular weight is 295 g/mol. The van der Waals surface area contributed by atoms with Gasteiger partial charge in [-0.2, -0.15) is 5.10 Å². The largest absolute Gasteiger partial charge is 0.481 e. The minimum absolute atomic E-state index is 0.0721. The zero-order valence-corrected chi connectivity index (χ0v) is 12.4. The Labute approximate surface area is 122 Å². The molecule has 0 aliphatic carbocycles. The van der Waals surface area contributed by atoms with Gasteiger partial charge >= 0.3 is 0 Å². The van der Waals surface area contributed by atoms with Gasteiger partial charge in [0.2, 0.25) is 0 Å². The lowest BCUT2D eigenvalue weighted by atomic mass is 10.2. The van der Waals surface area contributed by atoms with E-state index < -0.39 is 11.6 Å². The summed E-state index contributed by atoms with van der Waals surface area (Å²) >= 11 is 0. The fraction of sp³-hybridized carbons (Fsp3) is 0.400. The monoisotopic (exact) mass is 295 g/mol. The van der Waals surface area contributed by atoms with Crippen LogP contribution in [-0.4, -0.2) is 16.8 Å². The molecular formula is C15H19F2N3O. The molecule has 1 N–H and O–H groups in total. The minimum Gasteiger partial charge on any atom is -0.481 e. The van der Waals surface area contributed by atoms with Crippen molar-refractivity contribution in [2.45, 2.75) is 26.5 Å². The maximum absolute atomic E-state index is 13.9. The van der Waals surface area contributed by atoms with Crippen LogP contribution in [0.4, 0.5) is 8.78 Å². The van der Waals surface area contributed by atoms with Crippen molar-refractivity contribution in [1.82, 2.24) is 15.1 Å². The molecule has 2 rings (SSSR count). The molecule has 114 valence electrons. The van der Waals surface area contributed by atoms with Crippen molar-refractivity contribution >= 4 is 0 Å². The zero-order valence-electron chi connectivity index (χ0n) is 12.4. The number of rotatable bonds is 6. The topological polar surface area (TPSA) is 39.1 Å². The van der Waals surface area contributed by atoms with Crippen LogP contribution in [0.1, 0.15) is 23.9 Å². The second-order valence-electron chi connectivity index (χ2n) is 4.81. The first-order valence-electron chi connectivity index (χ1n) is 6.82. The Morgan fingerprint density at radius 2 is 1.90 bits per heavy atom. The van der Waals surface area contributed by atoms with Crippen LogP contribution >= 0.6 is 0 Å². The molecule has 0 aliphatic rings. The number of aromatic nitrogens is 2. The van der Waals surface area contributed by atoms with E-state index in [0.29, 0.717) is 12.1 Å². The summed E-state index contributed by atoms with van der Waals surface area (Å²) in [5, 5.41) is 7.11. The van der Waals surface area contributed by atoms with E-state index in [-0.39, 0.29) is 12.4 Å². The Balaban J connectivity index is 2.14. The van der Waals surface area contributed by atoms with Gasteiger partial charge in [-0.25, -0.2) is 8.78 Å². The van der Waals surface area contributed by atoms with E-state index in [4.69, 9.17) is 4.74 Å². The van der Waals surface area contributed by atoms with E-state index in [1.807, 2.05) is 13.0 Å². The first-order chi connectivity index (χ1) is 10.0. The van der Waals surface area contributed by atoms with Crippen LogP contribution in [0.3, 0.4) is 0 Å². The Bertz CT molecular complexity index is 602. The standard InChI is InChI=1S/C15H19F2N3O/c1-4-11-7-12(20(3)19-11)9-21-15-13(16)5-10(8-18-2)6-14(15)17/h5-7,18H,4,8-9H2,1-3H3. The van der Waals surface area contributed by atoms with Crippen molar-refractivity contribution in [3.63, 3.8) is 0 Å². The molecule has 1 aromatic carbocycles. The summed E-state index contributed by atoms with van der Waals surface area (Å²) in [7, 11) is 3.49. The third-order valence-corrected chi connectivity index (χ3v) is 3.19. The summed E-state index contributed by atoms with van der Waals surface area (Å²) in [6, 6.07) is 4.41. The van der Waals surface area contributed by atoms with E-state index in [0.717, 1.165) is 17.8 Å². The molecule has 6 heteroatoms. The summed E-state index contributed by atoms with van der Waals surface area (Å²) < 4.78 is 34.7. The Morgan fingerprint density at radius 1 is 1.24 bits per heavy atom. The number of nitrogens with one attached hydrogen (secondary N) is 1. The van der Waals surface area contributed by atoms with Gasteiger partial charge in [0, 0.05) is 13.6 Å². The van der Waals surface area contributed by atoms with Crippen molar-refractivity contribution < 1.29 is 13.5 Å². The van der Waals surface area contributed by atoms with E-state index in [1.165, 1.54) is 12.1 Å². The number of halogens is 2. The lowest BCUT2D eigenvalue weighted by Gasteiger charge is -2.10. The summed E-state index contributed by atoms with van der Waals surface area (Å²) in [4.78, 5) is 0. The summed E-state index contributed by atoms with van der Waals surface area (Å²) in [5.74, 6) is -1.75. The van der Waals surface area contributed by atoms with Crippen molar-refractivity contribution in [2.24, 2.45) is 7.05 Å². The Hall–Kier alpha value is -1.95. The highest BCUT2D eigenvalue weighted by Gasteiger charge is 2.14. The van der Waals surface area contributed by atoms with Crippen molar-refractivity contribution in [3.05, 3.63) is 46.8 Å². The van der Waals surface area contributed by atoms with Crippen LogP contribution < -0.4 is 10.1 Å². The van der Waals surface area contributed by atoms with Crippen LogP contribution in [0, 0.1) is 11.6 Å². The number of ether oxygens (including phenoxy) is 1. The van der Waals surface area contributed by atoms with Crippen LogP contribution in [0.25, 0.3) is 0 Å². The third-order valence-electron chi connectivity index (χ3n) is 3.19. The fourth-order valence-electron chi connectivity index (χ4n) is 2.08. The van der Waals surface area contributed by atoms with Crippen LogP contribution in [0.15, 0.2) is 18.2 Å². The van der Waals surface area contributed by atoms with E-state index >= 15 is 0 Å². The molecule has 2 aromatic rings. The van der Waals surface area contributed by atoms with Gasteiger partial charge in [-0.1, -0.05) is 6.92 Å². The number of aryl methyl sites for hydroxylation is 2. The molecule has 0 radical (unpaired) electrons. The molecule has 0 unspecified atom stereocenters. The van der Waals surface area contributed by atoms with Gasteiger partial charge in [0.15, 0.2) is 17.4 Å². The van der Waals surface area contributed by atoms with E-state index in [9.17, 15) is 8.78 Å². The van der Waals surface area contributed by atoms with Gasteiger partial charge in [0.05, 0.1) is 11.4 Å². The van der Waals surface area contributed by atoms with Gasteiger partial charge < -0.3 is 10.1 Å². The molecule has 21 heavy (non-hydrogen) atoms. The molecule has 1 aromatic heterocycles. The Kier molecular flexibility index (Phi) is 4.90. The summed E-state index contributed by atoms with van der Waals surface area (Å²) in [6.45, 7) is 2.46. The smallest absolute Gasteiger partial charge is 0.191 e. The molecule has 0 saturated heterocycles. The predicted molar refractivity (Wildman–Crippen MR) is 76.0 cm³/mol. The molecule has 0 atom stereocenters. The maximum atomic E-state index is 13.9. The zero-order chi connectivity index (χ0) is 15.4. The van der Waals surface area contributed by atoms with Crippen molar-refractivity contribution in [1.29, 1.82) is 0 Å². The molecule has 0 aliphatic heterocycles. The van der Waals surface area contributed by atoms with Gasteiger partial charge in [-0.05, 0) is 37.2 Å². The maximum Gasteiger partial charge on any atom is 0.191 e. The van der Waals surface area contributed by atoms with Crippen LogP contribution in [0.5, 0.6) is 5.75 Å². The highest BCUT2D eigenvalue weighted by Crippen LogP contribution is 2.24. The molecule has 4 nitrogen and oxygen atoms in total. The van der Waals surface area contributed by atoms with Gasteiger partial charge in [0.1, 0.15) is 6.61 Å². The van der Waals surface area contributed by atoms with Crippen LogP contribution in [0.2, 0.25) is 0 Å². The van der Waals surface area contributed by atoms with Gasteiger partial charge in [0.25, 0.3) is 0 Å². The molecule has 0 fully saturated rings. The van der Waals surface area contributed by atoms with Gasteiger partial charge in [-0.15, -0.1) is 0 Å². The quantitative estimate of drug-likeness (QED) is 0.890. The second kappa shape index (κ2) is 6.67. The summed E-state index contributed by atoms with van der Waals surface area (Å²) in [6.07, 6.45) is 0.801. The number of hydrogen-bond acceptors (Lipinski definition) is 3. The molecule has 0 amide bonds. The molecule has 1 heterocycles. The number of benzene rings is 1. The first-order valence-corrected chi connectivity index (χ1v) is 6.82. The SMILES string of the molecule is CCc1cc(COc2c(F)cc(CNC)cc2F)n(C)n1. The highest BCUT2D eigenvalue weighted by atomic mass is 19.1. The second-order valence-corrected chi connectivity index (χ2v) is 4.81. The van der Waals surface area contributed by atoms with Crippen LogP contribution in [-0.2, 0) is 26.6 Å². The normalized spacial score (nSPS) is 10.9. The highest BCUT2D eigenvalue weighted by molar-refractivity contribution is 5.31. The average Bonchev–Trinajstić information content (AvgIpc) is 2.79. The van der Waals surface area contributed by atoms with E-state index in [1.54, 1.807) is 18.8 Å². The van der Waals surface area contributed by atoms with Crippen molar-refractivity contribution in [3.8, 4) is 5.75 Å². The number of nitrogens with zero attached hydrogens (tertiary/aromatic N) is 2. The first kappa shape index (κ1) is 15.4. The fourth-order valence-corrected chi connectivity index (χ4v) is 2.08. The van der Waals surface area contributed by atoms with E-state index in [2.05, 4.69) is 10.4 Å². The van der Waals surface area contributed by atoms with Gasteiger partial charge in [-0.3, -0.25) is 4.68 Å². The predicted octanol–water partition coefficient (Wildman–Crippen LogP) is 2.56. The van der Waals surface area contributed by atoms with Crippen molar-refractivity contribution in [2.75, 3.05) is 7.05 Å². The molecular weight excluding hydrogens is 276 g/mol. The number of hydrogen-bond donors (Lipinski definition) is 1. The molecule has 0 bridgehead atoms. The Morgan fingerprint density at radius 3 is 2.43 bits per heavy atom.